The Morgan fingerprint density at radius 1 is 1.17 bits per heavy atom. The number of hydrogen-bond donors (Lipinski definition) is 3. The predicted molar refractivity (Wildman–Crippen MR) is 124 cm³/mol. The van der Waals surface area contributed by atoms with Crippen LogP contribution in [-0.2, 0) is 0 Å². The monoisotopic (exact) mass is 406 g/mol. The van der Waals surface area contributed by atoms with Gasteiger partial charge in [-0.1, -0.05) is 45.9 Å². The Bertz CT molecular complexity index is 1070. The number of aromatic nitrogens is 2. The minimum absolute atomic E-state index is 0.358. The van der Waals surface area contributed by atoms with Gasteiger partial charge in [0.25, 0.3) is 0 Å². The van der Waals surface area contributed by atoms with Gasteiger partial charge >= 0.3 is 5.69 Å². The molecule has 0 aliphatic carbocycles. The third kappa shape index (κ3) is 5.56. The molecule has 0 unspecified atom stereocenters. The Kier molecular flexibility index (Phi) is 7.92. The van der Waals surface area contributed by atoms with Crippen molar-refractivity contribution < 1.29 is 4.74 Å². The van der Waals surface area contributed by atoms with Crippen LogP contribution in [0, 0.1) is 11.3 Å². The summed E-state index contributed by atoms with van der Waals surface area (Å²) < 4.78 is 5.92. The van der Waals surface area contributed by atoms with Gasteiger partial charge in [0, 0.05) is 28.1 Å². The summed E-state index contributed by atoms with van der Waals surface area (Å²) in [6, 6.07) is 14.7. The van der Waals surface area contributed by atoms with Crippen LogP contribution in [-0.4, -0.2) is 22.3 Å². The number of ether oxygens (including phenoxy) is 1. The maximum atomic E-state index is 12.2. The van der Waals surface area contributed by atoms with Crippen LogP contribution in [0.5, 0.6) is 5.75 Å². The molecule has 0 atom stereocenters. The molecule has 6 nitrogen and oxygen atoms in total. The first kappa shape index (κ1) is 22.9. The number of nitrogens with two attached hydrogens (primary N) is 1. The predicted octanol–water partition coefficient (Wildman–Crippen LogP) is 5.13. The molecule has 0 bridgehead atoms. The first-order valence-electron chi connectivity index (χ1n) is 10.1. The standard InChI is InChI=1S/C22H24N4O2.C2H6/c1-13(2)12-28-21-7-5-4-6-16(21)20-11-19(25-22(27)26-20)15-8-9-18(24)17(10-15)14(3)23;1-2/h4-11,13,23H,12,24H2,1-3H3,(H,25,26,27);1-2H3. The average Bonchev–Trinajstić information content (AvgIpc) is 2.73. The summed E-state index contributed by atoms with van der Waals surface area (Å²) in [6.07, 6.45) is 0. The lowest BCUT2D eigenvalue weighted by molar-refractivity contribution is 0.272. The summed E-state index contributed by atoms with van der Waals surface area (Å²) in [4.78, 5) is 19.1. The lowest BCUT2D eigenvalue weighted by Crippen LogP contribution is -2.13. The molecule has 4 N–H and O–H groups in total. The maximum Gasteiger partial charge on any atom is 0.345 e. The zero-order valence-electron chi connectivity index (χ0n) is 18.2. The van der Waals surface area contributed by atoms with Gasteiger partial charge in [0.2, 0.25) is 0 Å². The van der Waals surface area contributed by atoms with Crippen LogP contribution in [0.3, 0.4) is 0 Å². The number of benzene rings is 2. The van der Waals surface area contributed by atoms with E-state index in [9.17, 15) is 4.79 Å². The van der Waals surface area contributed by atoms with Gasteiger partial charge in [-0.25, -0.2) is 4.79 Å². The number of anilines is 1. The molecule has 0 amide bonds. The van der Waals surface area contributed by atoms with E-state index in [0.717, 1.165) is 11.1 Å². The van der Waals surface area contributed by atoms with Gasteiger partial charge in [-0.05, 0) is 43.2 Å². The Balaban J connectivity index is 0.00000155. The summed E-state index contributed by atoms with van der Waals surface area (Å²) in [5, 5.41) is 7.88. The van der Waals surface area contributed by atoms with E-state index in [2.05, 4.69) is 23.8 Å². The summed E-state index contributed by atoms with van der Waals surface area (Å²) in [7, 11) is 0. The fourth-order valence-corrected chi connectivity index (χ4v) is 2.86. The van der Waals surface area contributed by atoms with Gasteiger partial charge in [-0.2, -0.15) is 4.98 Å². The number of nitrogen functional groups attached to an aromatic ring is 1. The fraction of sp³-hybridized carbons (Fsp3) is 0.292. The van der Waals surface area contributed by atoms with Crippen molar-refractivity contribution in [1.29, 1.82) is 5.41 Å². The number of para-hydroxylation sites is 1. The van der Waals surface area contributed by atoms with Gasteiger partial charge < -0.3 is 20.9 Å². The first-order chi connectivity index (χ1) is 14.3. The molecule has 0 aliphatic rings. The Labute approximate surface area is 177 Å². The van der Waals surface area contributed by atoms with Gasteiger partial charge in [-0.3, -0.25) is 0 Å². The molecular formula is C24H30N4O2. The first-order valence-corrected chi connectivity index (χ1v) is 10.1. The van der Waals surface area contributed by atoms with Gasteiger partial charge in [-0.15, -0.1) is 0 Å². The van der Waals surface area contributed by atoms with E-state index in [-0.39, 0.29) is 0 Å². The zero-order valence-corrected chi connectivity index (χ0v) is 18.2. The molecule has 1 heterocycles. The van der Waals surface area contributed by atoms with E-state index >= 15 is 0 Å². The number of H-pyrrole nitrogens is 1. The number of rotatable bonds is 6. The second-order valence-corrected chi connectivity index (χ2v) is 7.11. The third-order valence-electron chi connectivity index (χ3n) is 4.25. The van der Waals surface area contributed by atoms with Gasteiger partial charge in [0.05, 0.1) is 18.0 Å². The molecule has 2 aromatic carbocycles. The molecule has 1 aromatic heterocycles. The SMILES string of the molecule is CC.CC(=N)c1cc(-c2cc(-c3ccccc3OCC(C)C)[nH]c(=O)n2)ccc1N. The second kappa shape index (κ2) is 10.4. The third-order valence-corrected chi connectivity index (χ3v) is 4.25. The van der Waals surface area contributed by atoms with Crippen molar-refractivity contribution in [1.82, 2.24) is 9.97 Å². The normalized spacial score (nSPS) is 10.3. The van der Waals surface area contributed by atoms with Crippen molar-refractivity contribution in [3.63, 3.8) is 0 Å². The molecule has 0 radical (unpaired) electrons. The molecule has 0 saturated heterocycles. The van der Waals surface area contributed by atoms with Crippen LogP contribution in [0.4, 0.5) is 5.69 Å². The maximum absolute atomic E-state index is 12.2. The van der Waals surface area contributed by atoms with E-state index in [0.29, 0.717) is 46.6 Å². The number of aromatic amines is 1. The van der Waals surface area contributed by atoms with Crippen LogP contribution < -0.4 is 16.2 Å². The minimum atomic E-state index is -0.448. The lowest BCUT2D eigenvalue weighted by Gasteiger charge is -2.14. The van der Waals surface area contributed by atoms with Gasteiger partial charge in [0.15, 0.2) is 0 Å². The second-order valence-electron chi connectivity index (χ2n) is 7.11. The Morgan fingerprint density at radius 3 is 2.53 bits per heavy atom. The summed E-state index contributed by atoms with van der Waals surface area (Å²) >= 11 is 0. The molecule has 0 fully saturated rings. The van der Waals surface area contributed by atoms with Crippen molar-refractivity contribution in [2.45, 2.75) is 34.6 Å². The highest BCUT2D eigenvalue weighted by Crippen LogP contribution is 2.30. The molecule has 3 rings (SSSR count). The van der Waals surface area contributed by atoms with Crippen LogP contribution in [0.1, 0.15) is 40.2 Å². The van der Waals surface area contributed by atoms with Crippen molar-refractivity contribution in [2.75, 3.05) is 12.3 Å². The van der Waals surface area contributed by atoms with E-state index in [4.69, 9.17) is 15.9 Å². The Morgan fingerprint density at radius 2 is 1.87 bits per heavy atom. The molecule has 0 aliphatic heterocycles. The van der Waals surface area contributed by atoms with Crippen LogP contribution in [0.2, 0.25) is 0 Å². The zero-order chi connectivity index (χ0) is 22.3. The molecule has 3 aromatic rings. The fourth-order valence-electron chi connectivity index (χ4n) is 2.86. The van der Waals surface area contributed by atoms with Crippen molar-refractivity contribution >= 4 is 11.4 Å². The van der Waals surface area contributed by atoms with Gasteiger partial charge in [0.1, 0.15) is 5.75 Å². The summed E-state index contributed by atoms with van der Waals surface area (Å²) in [6.45, 7) is 10.4. The number of hydrogen-bond acceptors (Lipinski definition) is 5. The van der Waals surface area contributed by atoms with E-state index < -0.39 is 5.69 Å². The van der Waals surface area contributed by atoms with Crippen LogP contribution in [0.25, 0.3) is 22.5 Å². The molecule has 0 spiro atoms. The quantitative estimate of drug-likeness (QED) is 0.389. The molecular weight excluding hydrogens is 376 g/mol. The largest absolute Gasteiger partial charge is 0.493 e. The van der Waals surface area contributed by atoms with Crippen LogP contribution in [0.15, 0.2) is 53.3 Å². The van der Waals surface area contributed by atoms with Crippen molar-refractivity contribution in [2.24, 2.45) is 5.92 Å². The van der Waals surface area contributed by atoms with Crippen molar-refractivity contribution in [3.8, 4) is 28.3 Å². The van der Waals surface area contributed by atoms with E-state index in [1.165, 1.54) is 0 Å². The van der Waals surface area contributed by atoms with E-state index in [1.807, 2.05) is 44.2 Å². The lowest BCUT2D eigenvalue weighted by atomic mass is 10.0. The molecule has 6 heteroatoms. The summed E-state index contributed by atoms with van der Waals surface area (Å²) in [5.74, 6) is 1.09. The smallest absolute Gasteiger partial charge is 0.345 e. The Hall–Kier alpha value is -3.41. The van der Waals surface area contributed by atoms with Crippen LogP contribution >= 0.6 is 0 Å². The molecule has 158 valence electrons. The minimum Gasteiger partial charge on any atom is -0.493 e. The summed E-state index contributed by atoms with van der Waals surface area (Å²) in [5.41, 5.74) is 9.67. The average molecular weight is 407 g/mol. The highest BCUT2D eigenvalue weighted by molar-refractivity contribution is 6.02. The van der Waals surface area contributed by atoms with E-state index in [1.54, 1.807) is 25.1 Å². The van der Waals surface area contributed by atoms with Crippen molar-refractivity contribution in [3.05, 3.63) is 64.6 Å². The molecule has 30 heavy (non-hydrogen) atoms. The highest BCUT2D eigenvalue weighted by atomic mass is 16.5. The topological polar surface area (TPSA) is 105 Å². The number of nitrogens with one attached hydrogen (secondary N) is 2. The highest BCUT2D eigenvalue weighted by Gasteiger charge is 2.12. The number of nitrogens with zero attached hydrogens (tertiary/aromatic N) is 1. The molecule has 0 saturated carbocycles.